The maximum absolute atomic E-state index is 12.5. The SMILES string of the molecule is CCCc1n[nH]c(=S)n1CC(=O)NC1CCc2c(OC)cccc21. The first-order valence-electron chi connectivity index (χ1n) is 8.23. The lowest BCUT2D eigenvalue weighted by Gasteiger charge is -2.15. The molecule has 0 bridgehead atoms. The minimum atomic E-state index is -0.0504. The molecule has 0 aliphatic heterocycles. The third kappa shape index (κ3) is 3.21. The average Bonchev–Trinajstić information content (AvgIpc) is 3.13. The molecule has 0 spiro atoms. The Labute approximate surface area is 146 Å². The van der Waals surface area contributed by atoms with Crippen LogP contribution < -0.4 is 10.1 Å². The van der Waals surface area contributed by atoms with Crippen LogP contribution in [0.15, 0.2) is 18.2 Å². The van der Waals surface area contributed by atoms with E-state index in [9.17, 15) is 4.79 Å². The number of nitrogens with zero attached hydrogens (tertiary/aromatic N) is 2. The Morgan fingerprint density at radius 1 is 1.54 bits per heavy atom. The molecule has 1 amide bonds. The van der Waals surface area contributed by atoms with Crippen molar-refractivity contribution in [3.8, 4) is 5.75 Å². The van der Waals surface area contributed by atoms with Crippen LogP contribution in [-0.2, 0) is 24.2 Å². The molecule has 2 aromatic rings. The van der Waals surface area contributed by atoms with Crippen LogP contribution in [0.25, 0.3) is 0 Å². The largest absolute Gasteiger partial charge is 0.496 e. The van der Waals surface area contributed by atoms with Gasteiger partial charge >= 0.3 is 0 Å². The molecule has 0 radical (unpaired) electrons. The van der Waals surface area contributed by atoms with Gasteiger partial charge in [0.25, 0.3) is 0 Å². The van der Waals surface area contributed by atoms with E-state index in [-0.39, 0.29) is 18.5 Å². The summed E-state index contributed by atoms with van der Waals surface area (Å²) in [6.45, 7) is 2.27. The number of hydrogen-bond acceptors (Lipinski definition) is 4. The Morgan fingerprint density at radius 3 is 3.12 bits per heavy atom. The van der Waals surface area contributed by atoms with Crippen LogP contribution in [0.5, 0.6) is 5.75 Å². The van der Waals surface area contributed by atoms with E-state index < -0.39 is 0 Å². The fraction of sp³-hybridized carbons (Fsp3) is 0.471. The minimum absolute atomic E-state index is 0.0262. The van der Waals surface area contributed by atoms with E-state index in [4.69, 9.17) is 17.0 Å². The number of aromatic nitrogens is 3. The molecule has 1 aliphatic rings. The summed E-state index contributed by atoms with van der Waals surface area (Å²) in [5.41, 5.74) is 2.34. The van der Waals surface area contributed by atoms with Crippen molar-refractivity contribution in [1.82, 2.24) is 20.1 Å². The molecule has 1 aromatic carbocycles. The van der Waals surface area contributed by atoms with Crippen LogP contribution >= 0.6 is 12.2 Å². The van der Waals surface area contributed by atoms with Crippen molar-refractivity contribution in [3.63, 3.8) is 0 Å². The van der Waals surface area contributed by atoms with Gasteiger partial charge in [0.2, 0.25) is 5.91 Å². The quantitative estimate of drug-likeness (QED) is 0.789. The Hall–Kier alpha value is -2.15. The molecule has 1 heterocycles. The highest BCUT2D eigenvalue weighted by Crippen LogP contribution is 2.36. The molecule has 0 fully saturated rings. The summed E-state index contributed by atoms with van der Waals surface area (Å²) in [6.07, 6.45) is 3.55. The first-order chi connectivity index (χ1) is 11.6. The number of H-pyrrole nitrogens is 1. The second kappa shape index (κ2) is 7.17. The maximum Gasteiger partial charge on any atom is 0.240 e. The van der Waals surface area contributed by atoms with Gasteiger partial charge in [-0.2, -0.15) is 5.10 Å². The number of ether oxygens (including phenoxy) is 1. The highest BCUT2D eigenvalue weighted by molar-refractivity contribution is 7.71. The number of carbonyl (C=O) groups excluding carboxylic acids is 1. The van der Waals surface area contributed by atoms with Gasteiger partial charge in [0, 0.05) is 6.42 Å². The van der Waals surface area contributed by atoms with Crippen LogP contribution in [-0.4, -0.2) is 27.8 Å². The Kier molecular flexibility index (Phi) is 4.99. The number of carbonyl (C=O) groups is 1. The molecule has 1 aromatic heterocycles. The van der Waals surface area contributed by atoms with Gasteiger partial charge in [0.15, 0.2) is 4.77 Å². The molecular weight excluding hydrogens is 324 g/mol. The molecule has 128 valence electrons. The van der Waals surface area contributed by atoms with Gasteiger partial charge in [0.1, 0.15) is 18.1 Å². The standard InChI is InChI=1S/C17H22N4O2S/c1-3-5-15-19-20-17(24)21(15)10-16(22)18-13-9-8-12-11(13)6-4-7-14(12)23-2/h4,6-7,13H,3,5,8-10H2,1-2H3,(H,18,22)(H,20,24). The van der Waals surface area contributed by atoms with E-state index in [0.717, 1.165) is 42.8 Å². The van der Waals surface area contributed by atoms with Crippen molar-refractivity contribution in [2.75, 3.05) is 7.11 Å². The second-order valence-corrected chi connectivity index (χ2v) is 6.35. The maximum atomic E-state index is 12.5. The summed E-state index contributed by atoms with van der Waals surface area (Å²) < 4.78 is 7.67. The molecule has 1 aliphatic carbocycles. The van der Waals surface area contributed by atoms with E-state index >= 15 is 0 Å². The van der Waals surface area contributed by atoms with E-state index in [1.165, 1.54) is 5.56 Å². The highest BCUT2D eigenvalue weighted by atomic mass is 32.1. The van der Waals surface area contributed by atoms with Crippen molar-refractivity contribution in [3.05, 3.63) is 39.9 Å². The van der Waals surface area contributed by atoms with Crippen molar-refractivity contribution in [1.29, 1.82) is 0 Å². The zero-order chi connectivity index (χ0) is 17.1. The number of rotatable bonds is 6. The van der Waals surface area contributed by atoms with Crippen molar-refractivity contribution in [2.24, 2.45) is 0 Å². The monoisotopic (exact) mass is 346 g/mol. The van der Waals surface area contributed by atoms with Gasteiger partial charge in [0.05, 0.1) is 13.2 Å². The van der Waals surface area contributed by atoms with Gasteiger partial charge in [-0.3, -0.25) is 14.5 Å². The summed E-state index contributed by atoms with van der Waals surface area (Å²) in [7, 11) is 1.68. The van der Waals surface area contributed by atoms with Crippen molar-refractivity contribution >= 4 is 18.1 Å². The lowest BCUT2D eigenvalue weighted by molar-refractivity contribution is -0.122. The van der Waals surface area contributed by atoms with Crippen LogP contribution in [0.4, 0.5) is 0 Å². The van der Waals surface area contributed by atoms with Gasteiger partial charge < -0.3 is 10.1 Å². The molecule has 7 heteroatoms. The summed E-state index contributed by atoms with van der Waals surface area (Å²) >= 11 is 5.23. The zero-order valence-electron chi connectivity index (χ0n) is 14.0. The second-order valence-electron chi connectivity index (χ2n) is 5.97. The van der Waals surface area contributed by atoms with Gasteiger partial charge in [-0.1, -0.05) is 19.1 Å². The molecule has 2 N–H and O–H groups in total. The molecule has 24 heavy (non-hydrogen) atoms. The van der Waals surface area contributed by atoms with Gasteiger partial charge in [-0.05, 0) is 48.7 Å². The summed E-state index contributed by atoms with van der Waals surface area (Å²) in [4.78, 5) is 12.5. The summed E-state index contributed by atoms with van der Waals surface area (Å²) in [6, 6.07) is 6.01. The summed E-state index contributed by atoms with van der Waals surface area (Å²) in [5, 5.41) is 10.1. The predicted octanol–water partition coefficient (Wildman–Crippen LogP) is 2.71. The molecule has 3 rings (SSSR count). The fourth-order valence-electron chi connectivity index (χ4n) is 3.27. The molecular formula is C17H22N4O2S. The zero-order valence-corrected chi connectivity index (χ0v) is 14.8. The normalized spacial score (nSPS) is 16.0. The lowest BCUT2D eigenvalue weighted by Crippen LogP contribution is -2.31. The molecule has 0 saturated heterocycles. The van der Waals surface area contributed by atoms with Crippen LogP contribution in [0.2, 0.25) is 0 Å². The minimum Gasteiger partial charge on any atom is -0.496 e. The number of benzene rings is 1. The molecule has 1 unspecified atom stereocenters. The van der Waals surface area contributed by atoms with Crippen LogP contribution in [0.3, 0.4) is 0 Å². The van der Waals surface area contributed by atoms with Gasteiger partial charge in [-0.25, -0.2) is 0 Å². The number of methoxy groups -OCH3 is 1. The first-order valence-corrected chi connectivity index (χ1v) is 8.64. The lowest BCUT2D eigenvalue weighted by atomic mass is 10.1. The van der Waals surface area contributed by atoms with Crippen LogP contribution in [0.1, 0.15) is 42.8 Å². The molecule has 6 nitrogen and oxygen atoms in total. The van der Waals surface area contributed by atoms with Crippen molar-refractivity contribution < 1.29 is 9.53 Å². The highest BCUT2D eigenvalue weighted by Gasteiger charge is 2.26. The average molecular weight is 346 g/mol. The molecule has 1 atom stereocenters. The topological polar surface area (TPSA) is 71.9 Å². The number of hydrogen-bond donors (Lipinski definition) is 2. The number of aryl methyl sites for hydroxylation is 1. The third-order valence-electron chi connectivity index (χ3n) is 4.40. The van der Waals surface area contributed by atoms with Crippen LogP contribution in [0, 0.1) is 4.77 Å². The summed E-state index contributed by atoms with van der Waals surface area (Å²) in [5.74, 6) is 1.67. The number of nitrogens with one attached hydrogen (secondary N) is 2. The van der Waals surface area contributed by atoms with E-state index in [0.29, 0.717) is 4.77 Å². The Morgan fingerprint density at radius 2 is 2.38 bits per heavy atom. The Balaban J connectivity index is 1.72. The molecule has 0 saturated carbocycles. The number of fused-ring (bicyclic) bond motifs is 1. The van der Waals surface area contributed by atoms with E-state index in [2.05, 4.69) is 28.5 Å². The number of amides is 1. The first kappa shape index (κ1) is 16.7. The van der Waals surface area contributed by atoms with Gasteiger partial charge in [-0.15, -0.1) is 0 Å². The predicted molar refractivity (Wildman–Crippen MR) is 93.6 cm³/mol. The number of aromatic amines is 1. The third-order valence-corrected chi connectivity index (χ3v) is 4.71. The Bertz CT molecular complexity index is 796. The van der Waals surface area contributed by atoms with E-state index in [1.54, 1.807) is 11.7 Å². The smallest absolute Gasteiger partial charge is 0.240 e. The fourth-order valence-corrected chi connectivity index (χ4v) is 3.49. The van der Waals surface area contributed by atoms with E-state index in [1.807, 2.05) is 12.1 Å². The van der Waals surface area contributed by atoms with Crippen molar-refractivity contribution in [2.45, 2.75) is 45.2 Å².